The van der Waals surface area contributed by atoms with E-state index in [1.807, 2.05) is 6.92 Å². The van der Waals surface area contributed by atoms with E-state index in [0.29, 0.717) is 28.7 Å². The molecule has 2 aromatic carbocycles. The van der Waals surface area contributed by atoms with Crippen LogP contribution in [-0.4, -0.2) is 40.2 Å². The number of aryl methyl sites for hydroxylation is 1. The Morgan fingerprint density at radius 2 is 1.91 bits per heavy atom. The van der Waals surface area contributed by atoms with Gasteiger partial charge in [-0.05, 0) is 55.8 Å². The lowest BCUT2D eigenvalue weighted by molar-refractivity contribution is -0.132. The molecule has 0 aliphatic carbocycles. The Labute approximate surface area is 204 Å². The second kappa shape index (κ2) is 10.1. The van der Waals surface area contributed by atoms with Crippen LogP contribution >= 0.6 is 11.3 Å². The monoisotopic (exact) mass is 495 g/mol. The van der Waals surface area contributed by atoms with Gasteiger partial charge in [0.2, 0.25) is 5.13 Å². The Morgan fingerprint density at radius 3 is 2.54 bits per heavy atom. The molecule has 1 aliphatic heterocycles. The molecule has 3 aromatic rings. The number of carbonyl (C=O) groups is 2. The molecule has 1 fully saturated rings. The summed E-state index contributed by atoms with van der Waals surface area (Å²) in [4.78, 5) is 27.6. The number of ketones is 1. The summed E-state index contributed by atoms with van der Waals surface area (Å²) < 4.78 is 24.9. The Bertz CT molecular complexity index is 1320. The Kier molecular flexibility index (Phi) is 6.92. The molecule has 2 heterocycles. The zero-order valence-electron chi connectivity index (χ0n) is 19.0. The third-order valence-corrected chi connectivity index (χ3v) is 6.06. The quantitative estimate of drug-likeness (QED) is 0.211. The number of ether oxygens (including phenoxy) is 2. The van der Waals surface area contributed by atoms with Gasteiger partial charge in [-0.25, -0.2) is 4.39 Å². The molecule has 0 bridgehead atoms. The van der Waals surface area contributed by atoms with Gasteiger partial charge in [0.1, 0.15) is 23.2 Å². The van der Waals surface area contributed by atoms with E-state index in [2.05, 4.69) is 16.8 Å². The first kappa shape index (κ1) is 24.1. The van der Waals surface area contributed by atoms with Crippen molar-refractivity contribution < 1.29 is 28.6 Å². The highest BCUT2D eigenvalue weighted by Gasteiger charge is 2.48. The Hall–Kier alpha value is -4.05. The van der Waals surface area contributed by atoms with E-state index >= 15 is 0 Å². The average molecular weight is 496 g/mol. The fourth-order valence-corrected chi connectivity index (χ4v) is 4.44. The molecule has 4 rings (SSSR count). The van der Waals surface area contributed by atoms with E-state index in [0.717, 1.165) is 23.5 Å². The molecule has 10 heteroatoms. The van der Waals surface area contributed by atoms with Crippen LogP contribution in [0.25, 0.3) is 5.76 Å². The number of amides is 1. The number of hydrogen-bond donors (Lipinski definition) is 1. The molecule has 1 aromatic heterocycles. The highest BCUT2D eigenvalue weighted by Crippen LogP contribution is 2.44. The molecule has 0 spiro atoms. The van der Waals surface area contributed by atoms with Crippen LogP contribution < -0.4 is 14.4 Å². The number of nitrogens with zero attached hydrogens (tertiary/aromatic N) is 3. The number of halogens is 1. The van der Waals surface area contributed by atoms with Crippen LogP contribution in [0.5, 0.6) is 11.5 Å². The van der Waals surface area contributed by atoms with E-state index in [9.17, 15) is 19.1 Å². The first-order valence-electron chi connectivity index (χ1n) is 10.7. The van der Waals surface area contributed by atoms with Gasteiger partial charge in [-0.1, -0.05) is 30.1 Å². The van der Waals surface area contributed by atoms with Crippen LogP contribution in [0.4, 0.5) is 9.52 Å². The predicted octanol–water partition coefficient (Wildman–Crippen LogP) is 4.58. The van der Waals surface area contributed by atoms with Crippen molar-refractivity contribution >= 4 is 33.9 Å². The number of rotatable bonds is 8. The van der Waals surface area contributed by atoms with E-state index in [1.165, 1.54) is 17.0 Å². The minimum Gasteiger partial charge on any atom is -0.507 e. The number of Topliss-reactive ketones (excluding diaryl/α,β-unsaturated/α-hetero) is 1. The number of aromatic nitrogens is 2. The Morgan fingerprint density at radius 1 is 1.17 bits per heavy atom. The van der Waals surface area contributed by atoms with Gasteiger partial charge < -0.3 is 14.6 Å². The molecule has 1 unspecified atom stereocenters. The lowest BCUT2D eigenvalue weighted by Gasteiger charge is -2.23. The molecule has 1 atom stereocenters. The second-order valence-electron chi connectivity index (χ2n) is 7.52. The SMILES string of the molecule is C=CCOc1ccc(C2C(=C(O)c3ccc(F)cc3)C(=O)C(=O)N2c2nnc(C)s2)cc1OCC. The summed E-state index contributed by atoms with van der Waals surface area (Å²) in [6.45, 7) is 7.78. The van der Waals surface area contributed by atoms with Crippen molar-refractivity contribution in [2.75, 3.05) is 18.1 Å². The third-order valence-electron chi connectivity index (χ3n) is 5.22. The van der Waals surface area contributed by atoms with Crippen LogP contribution in [0.1, 0.15) is 29.1 Å². The van der Waals surface area contributed by atoms with Crippen LogP contribution in [0.3, 0.4) is 0 Å². The lowest BCUT2D eigenvalue weighted by Crippen LogP contribution is -2.29. The lowest BCUT2D eigenvalue weighted by atomic mass is 9.95. The van der Waals surface area contributed by atoms with E-state index in [4.69, 9.17) is 9.47 Å². The molecule has 1 amide bonds. The van der Waals surface area contributed by atoms with Gasteiger partial charge in [0.25, 0.3) is 5.78 Å². The maximum absolute atomic E-state index is 13.5. The molecular weight excluding hydrogens is 473 g/mol. The average Bonchev–Trinajstić information content (AvgIpc) is 3.39. The van der Waals surface area contributed by atoms with Crippen molar-refractivity contribution in [1.29, 1.82) is 0 Å². The smallest absolute Gasteiger partial charge is 0.301 e. The maximum atomic E-state index is 13.5. The summed E-state index contributed by atoms with van der Waals surface area (Å²) in [6.07, 6.45) is 1.60. The standard InChI is InChI=1S/C25H22FN3O5S/c1-4-12-34-18-11-8-16(13-19(18)33-5-2)21-20(22(30)15-6-9-17(26)10-7-15)23(31)24(32)29(21)25-28-27-14(3)35-25/h4,6-11,13,21,30H,1,5,12H2,2-3H3. The van der Waals surface area contributed by atoms with E-state index in [1.54, 1.807) is 31.2 Å². The van der Waals surface area contributed by atoms with Crippen LogP contribution in [0.15, 0.2) is 60.7 Å². The number of aliphatic hydroxyl groups is 1. The summed E-state index contributed by atoms with van der Waals surface area (Å²) in [5.41, 5.74) is 0.519. The number of benzene rings is 2. The zero-order valence-corrected chi connectivity index (χ0v) is 19.8. The number of anilines is 1. The molecule has 0 saturated carbocycles. The van der Waals surface area contributed by atoms with Crippen molar-refractivity contribution in [3.8, 4) is 11.5 Å². The van der Waals surface area contributed by atoms with Gasteiger partial charge in [0, 0.05) is 5.56 Å². The van der Waals surface area contributed by atoms with Crippen molar-refractivity contribution in [3.05, 3.63) is 82.6 Å². The van der Waals surface area contributed by atoms with Gasteiger partial charge in [0.05, 0.1) is 18.2 Å². The molecule has 1 N–H and O–H groups in total. The topological polar surface area (TPSA) is 102 Å². The number of carbonyl (C=O) groups excluding carboxylic acids is 2. The molecule has 1 aliphatic rings. The molecular formula is C25H22FN3O5S. The third kappa shape index (κ3) is 4.65. The summed E-state index contributed by atoms with van der Waals surface area (Å²) >= 11 is 1.14. The van der Waals surface area contributed by atoms with Crippen molar-refractivity contribution in [2.45, 2.75) is 19.9 Å². The first-order valence-corrected chi connectivity index (χ1v) is 11.5. The van der Waals surface area contributed by atoms with Gasteiger partial charge in [-0.3, -0.25) is 14.5 Å². The molecule has 8 nitrogen and oxygen atoms in total. The fourth-order valence-electron chi connectivity index (χ4n) is 3.72. The summed E-state index contributed by atoms with van der Waals surface area (Å²) in [5.74, 6) is -1.83. The first-order chi connectivity index (χ1) is 16.8. The van der Waals surface area contributed by atoms with E-state index in [-0.39, 0.29) is 22.9 Å². The summed E-state index contributed by atoms with van der Waals surface area (Å²) in [6, 6.07) is 8.95. The minimum atomic E-state index is -1.03. The molecule has 1 saturated heterocycles. The second-order valence-corrected chi connectivity index (χ2v) is 8.68. The van der Waals surface area contributed by atoms with Crippen molar-refractivity contribution in [3.63, 3.8) is 0 Å². The highest BCUT2D eigenvalue weighted by atomic mass is 32.1. The maximum Gasteiger partial charge on any atom is 0.301 e. The molecule has 180 valence electrons. The normalized spacial score (nSPS) is 17.0. The van der Waals surface area contributed by atoms with Gasteiger partial charge in [-0.15, -0.1) is 10.2 Å². The minimum absolute atomic E-state index is 0.156. The van der Waals surface area contributed by atoms with E-state index < -0.39 is 29.3 Å². The fraction of sp³-hybridized carbons (Fsp3) is 0.200. The van der Waals surface area contributed by atoms with Gasteiger partial charge >= 0.3 is 5.91 Å². The van der Waals surface area contributed by atoms with Crippen LogP contribution in [-0.2, 0) is 9.59 Å². The number of hydrogen-bond acceptors (Lipinski definition) is 8. The predicted molar refractivity (Wildman–Crippen MR) is 129 cm³/mol. The molecule has 35 heavy (non-hydrogen) atoms. The summed E-state index contributed by atoms with van der Waals surface area (Å²) in [7, 11) is 0. The summed E-state index contributed by atoms with van der Waals surface area (Å²) in [5, 5.41) is 19.9. The highest BCUT2D eigenvalue weighted by molar-refractivity contribution is 7.15. The molecule has 0 radical (unpaired) electrons. The number of aliphatic hydroxyl groups excluding tert-OH is 1. The van der Waals surface area contributed by atoms with Crippen molar-refractivity contribution in [1.82, 2.24) is 10.2 Å². The zero-order chi connectivity index (χ0) is 25.1. The van der Waals surface area contributed by atoms with Gasteiger partial charge in [0.15, 0.2) is 11.5 Å². The van der Waals surface area contributed by atoms with Crippen molar-refractivity contribution in [2.24, 2.45) is 0 Å². The van der Waals surface area contributed by atoms with Gasteiger partial charge in [-0.2, -0.15) is 0 Å². The largest absolute Gasteiger partial charge is 0.507 e. The Balaban J connectivity index is 1.92. The van der Waals surface area contributed by atoms with Crippen LogP contribution in [0.2, 0.25) is 0 Å². The van der Waals surface area contributed by atoms with Crippen LogP contribution in [0, 0.1) is 12.7 Å².